The first-order valence-corrected chi connectivity index (χ1v) is 5.83. The summed E-state index contributed by atoms with van der Waals surface area (Å²) in [5.41, 5.74) is 0.728. The molecule has 0 aliphatic rings. The van der Waals surface area contributed by atoms with Crippen LogP contribution in [0.25, 0.3) is 0 Å². The summed E-state index contributed by atoms with van der Waals surface area (Å²) in [6.45, 7) is 0.253. The lowest BCUT2D eigenvalue weighted by atomic mass is 10.2. The van der Waals surface area contributed by atoms with Crippen LogP contribution in [-0.4, -0.2) is 9.97 Å². The largest absolute Gasteiger partial charge is 0.486 e. The van der Waals surface area contributed by atoms with E-state index in [9.17, 15) is 0 Å². The van der Waals surface area contributed by atoms with Gasteiger partial charge in [0.2, 0.25) is 5.28 Å². The molecule has 88 valence electrons. The second-order valence-electron chi connectivity index (χ2n) is 3.18. The number of benzene rings is 1. The van der Waals surface area contributed by atoms with Crippen LogP contribution in [0.15, 0.2) is 30.6 Å². The van der Waals surface area contributed by atoms with Crippen molar-refractivity contribution in [3.8, 4) is 5.75 Å². The molecule has 1 aromatic heterocycles. The Morgan fingerprint density at radius 2 is 1.59 bits per heavy atom. The van der Waals surface area contributed by atoms with Crippen molar-refractivity contribution in [2.75, 3.05) is 0 Å². The Bertz CT molecular complexity index is 496. The van der Waals surface area contributed by atoms with E-state index in [1.165, 1.54) is 12.4 Å². The molecule has 0 saturated carbocycles. The Morgan fingerprint density at radius 1 is 1.00 bits per heavy atom. The van der Waals surface area contributed by atoms with Crippen LogP contribution in [0.2, 0.25) is 15.3 Å². The van der Waals surface area contributed by atoms with Crippen LogP contribution >= 0.6 is 34.8 Å². The van der Waals surface area contributed by atoms with Crippen LogP contribution < -0.4 is 4.74 Å². The zero-order valence-electron chi connectivity index (χ0n) is 8.53. The predicted octanol–water partition coefficient (Wildman–Crippen LogP) is 4.02. The maximum Gasteiger partial charge on any atom is 0.222 e. The van der Waals surface area contributed by atoms with Crippen molar-refractivity contribution in [2.24, 2.45) is 0 Å². The molecule has 0 N–H and O–H groups in total. The van der Waals surface area contributed by atoms with Gasteiger partial charge in [-0.15, -0.1) is 0 Å². The van der Waals surface area contributed by atoms with Gasteiger partial charge in [-0.25, -0.2) is 9.97 Å². The SMILES string of the molecule is Clc1ncc(OCc2c(Cl)cccc2Cl)cn1. The minimum atomic E-state index is 0.174. The molecule has 0 aliphatic heterocycles. The van der Waals surface area contributed by atoms with Crippen molar-refractivity contribution in [3.63, 3.8) is 0 Å². The molecule has 0 bridgehead atoms. The Labute approximate surface area is 113 Å². The lowest BCUT2D eigenvalue weighted by Gasteiger charge is -2.08. The molecule has 1 aromatic carbocycles. The fourth-order valence-corrected chi connectivity index (χ4v) is 1.80. The summed E-state index contributed by atoms with van der Waals surface area (Å²) >= 11 is 17.6. The van der Waals surface area contributed by atoms with Crippen LogP contribution in [0.5, 0.6) is 5.75 Å². The molecule has 0 fully saturated rings. The summed E-state index contributed by atoms with van der Waals surface area (Å²) < 4.78 is 5.46. The lowest BCUT2D eigenvalue weighted by Crippen LogP contribution is -1.98. The number of hydrogen-bond acceptors (Lipinski definition) is 3. The zero-order valence-corrected chi connectivity index (χ0v) is 10.8. The van der Waals surface area contributed by atoms with E-state index in [-0.39, 0.29) is 11.9 Å². The standard InChI is InChI=1S/C11H7Cl3N2O/c12-9-2-1-3-10(13)8(9)6-17-7-4-15-11(14)16-5-7/h1-5H,6H2. The average Bonchev–Trinajstić information content (AvgIpc) is 2.31. The van der Waals surface area contributed by atoms with Crippen LogP contribution in [-0.2, 0) is 6.61 Å². The molecular formula is C11H7Cl3N2O. The van der Waals surface area contributed by atoms with Gasteiger partial charge in [-0.2, -0.15) is 0 Å². The highest BCUT2D eigenvalue weighted by Crippen LogP contribution is 2.25. The number of nitrogens with zero attached hydrogens (tertiary/aromatic N) is 2. The van der Waals surface area contributed by atoms with Gasteiger partial charge in [0.25, 0.3) is 0 Å². The summed E-state index contributed by atoms with van der Waals surface area (Å²) in [4.78, 5) is 7.60. The van der Waals surface area contributed by atoms with Crippen molar-refractivity contribution in [1.29, 1.82) is 0 Å². The lowest BCUT2D eigenvalue weighted by molar-refractivity contribution is 0.304. The van der Waals surface area contributed by atoms with Crippen molar-refractivity contribution in [3.05, 3.63) is 51.5 Å². The Morgan fingerprint density at radius 3 is 2.18 bits per heavy atom. The van der Waals surface area contributed by atoms with Crippen LogP contribution in [0, 0.1) is 0 Å². The van der Waals surface area contributed by atoms with Gasteiger partial charge in [0.05, 0.1) is 12.4 Å². The second kappa shape index (κ2) is 5.54. The molecule has 0 amide bonds. The highest BCUT2D eigenvalue weighted by atomic mass is 35.5. The molecule has 0 radical (unpaired) electrons. The monoisotopic (exact) mass is 288 g/mol. The van der Waals surface area contributed by atoms with Crippen molar-refractivity contribution >= 4 is 34.8 Å². The smallest absolute Gasteiger partial charge is 0.222 e. The van der Waals surface area contributed by atoms with Crippen LogP contribution in [0.4, 0.5) is 0 Å². The summed E-state index contributed by atoms with van der Waals surface area (Å²) in [6, 6.07) is 5.29. The van der Waals surface area contributed by atoms with Gasteiger partial charge in [-0.1, -0.05) is 29.3 Å². The van der Waals surface area contributed by atoms with Crippen molar-refractivity contribution < 1.29 is 4.74 Å². The molecule has 0 unspecified atom stereocenters. The van der Waals surface area contributed by atoms with E-state index in [0.717, 1.165) is 5.56 Å². The molecule has 3 nitrogen and oxygen atoms in total. The summed E-state index contributed by atoms with van der Waals surface area (Å²) in [5, 5.41) is 1.30. The number of ether oxygens (including phenoxy) is 1. The minimum absolute atomic E-state index is 0.174. The van der Waals surface area contributed by atoms with E-state index >= 15 is 0 Å². The highest BCUT2D eigenvalue weighted by Gasteiger charge is 2.06. The van der Waals surface area contributed by atoms with Gasteiger partial charge >= 0.3 is 0 Å². The molecule has 0 atom stereocenters. The number of hydrogen-bond donors (Lipinski definition) is 0. The second-order valence-corrected chi connectivity index (χ2v) is 4.33. The Kier molecular flexibility index (Phi) is 4.05. The average molecular weight is 290 g/mol. The van der Waals surface area contributed by atoms with E-state index in [1.807, 2.05) is 0 Å². The van der Waals surface area contributed by atoms with Gasteiger partial charge in [0.15, 0.2) is 5.75 Å². The van der Waals surface area contributed by atoms with E-state index in [1.54, 1.807) is 18.2 Å². The normalized spacial score (nSPS) is 10.3. The zero-order chi connectivity index (χ0) is 12.3. The molecule has 1 heterocycles. The summed E-state index contributed by atoms with van der Waals surface area (Å²) in [6.07, 6.45) is 2.97. The summed E-state index contributed by atoms with van der Waals surface area (Å²) in [5.74, 6) is 0.505. The van der Waals surface area contributed by atoms with Gasteiger partial charge < -0.3 is 4.74 Å². The van der Waals surface area contributed by atoms with E-state index in [4.69, 9.17) is 39.5 Å². The van der Waals surface area contributed by atoms with E-state index in [2.05, 4.69) is 9.97 Å². The topological polar surface area (TPSA) is 35.0 Å². The third-order valence-electron chi connectivity index (χ3n) is 2.04. The molecule has 0 aliphatic carbocycles. The van der Waals surface area contributed by atoms with Crippen molar-refractivity contribution in [1.82, 2.24) is 9.97 Å². The van der Waals surface area contributed by atoms with E-state index < -0.39 is 0 Å². The highest BCUT2D eigenvalue weighted by molar-refractivity contribution is 6.35. The fraction of sp³-hybridized carbons (Fsp3) is 0.0909. The van der Waals surface area contributed by atoms with Crippen LogP contribution in [0.1, 0.15) is 5.56 Å². The number of rotatable bonds is 3. The molecule has 2 rings (SSSR count). The molecule has 2 aromatic rings. The van der Waals surface area contributed by atoms with Gasteiger partial charge in [0, 0.05) is 15.6 Å². The number of halogens is 3. The maximum atomic E-state index is 6.00. The molecule has 17 heavy (non-hydrogen) atoms. The van der Waals surface area contributed by atoms with Crippen molar-refractivity contribution in [2.45, 2.75) is 6.61 Å². The van der Waals surface area contributed by atoms with Gasteiger partial charge in [-0.05, 0) is 23.7 Å². The first-order valence-electron chi connectivity index (χ1n) is 4.70. The Hall–Kier alpha value is -1.03. The third-order valence-corrected chi connectivity index (χ3v) is 2.94. The molecule has 6 heteroatoms. The quantitative estimate of drug-likeness (QED) is 0.801. The molecular weight excluding hydrogens is 282 g/mol. The maximum absolute atomic E-state index is 6.00. The van der Waals surface area contributed by atoms with Gasteiger partial charge in [0.1, 0.15) is 6.61 Å². The molecule has 0 spiro atoms. The number of aromatic nitrogens is 2. The first kappa shape index (κ1) is 12.4. The Balaban J connectivity index is 2.10. The minimum Gasteiger partial charge on any atom is -0.486 e. The van der Waals surface area contributed by atoms with Gasteiger partial charge in [-0.3, -0.25) is 0 Å². The van der Waals surface area contributed by atoms with Crippen LogP contribution in [0.3, 0.4) is 0 Å². The third kappa shape index (κ3) is 3.22. The fourth-order valence-electron chi connectivity index (χ4n) is 1.20. The summed E-state index contributed by atoms with van der Waals surface area (Å²) in [7, 11) is 0. The molecule has 0 saturated heterocycles. The predicted molar refractivity (Wildman–Crippen MR) is 67.8 cm³/mol. The van der Waals surface area contributed by atoms with E-state index in [0.29, 0.717) is 15.8 Å². The first-order chi connectivity index (χ1) is 8.16.